The monoisotopic (exact) mass is 249 g/mol. The molecule has 0 atom stereocenters. The number of aryl methyl sites for hydroxylation is 1. The number of imidazole rings is 1. The van der Waals surface area contributed by atoms with Gasteiger partial charge >= 0.3 is 0 Å². The van der Waals surface area contributed by atoms with Crippen molar-refractivity contribution in [1.29, 1.82) is 0 Å². The highest BCUT2D eigenvalue weighted by Crippen LogP contribution is 2.23. The van der Waals surface area contributed by atoms with E-state index in [2.05, 4.69) is 40.7 Å². The quantitative estimate of drug-likeness (QED) is 0.707. The maximum absolute atomic E-state index is 5.72. The van der Waals surface area contributed by atoms with Crippen molar-refractivity contribution in [3.8, 4) is 16.9 Å². The molecule has 2 aromatic carbocycles. The lowest BCUT2D eigenvalue weighted by Gasteiger charge is -2.08. The Kier molecular flexibility index (Phi) is 2.80. The minimum absolute atomic E-state index is 0.765. The van der Waals surface area contributed by atoms with Crippen molar-refractivity contribution in [2.24, 2.45) is 0 Å². The smallest absolute Gasteiger partial charge is 0.0997 e. The largest absolute Gasteiger partial charge is 0.399 e. The number of nitrogens with zero attached hydrogens (tertiary/aromatic N) is 2. The summed E-state index contributed by atoms with van der Waals surface area (Å²) in [5.74, 6) is 0. The van der Waals surface area contributed by atoms with Gasteiger partial charge in [-0.2, -0.15) is 0 Å². The second-order valence-corrected chi connectivity index (χ2v) is 4.61. The molecule has 3 rings (SSSR count). The van der Waals surface area contributed by atoms with Gasteiger partial charge in [0.15, 0.2) is 0 Å². The maximum atomic E-state index is 5.72. The summed E-state index contributed by atoms with van der Waals surface area (Å²) in [6.45, 7) is 2.08. The van der Waals surface area contributed by atoms with Crippen LogP contribution in [0.5, 0.6) is 0 Å². The van der Waals surface area contributed by atoms with Gasteiger partial charge in [-0.3, -0.25) is 4.57 Å². The van der Waals surface area contributed by atoms with Gasteiger partial charge in [-0.25, -0.2) is 4.98 Å². The standard InChI is InChI=1S/C16H15N3/c1-12-2-4-13(5-3-12)16-10-18-11-19(16)15-8-6-14(17)7-9-15/h2-11H,17H2,1H3. The number of benzene rings is 2. The predicted molar refractivity (Wildman–Crippen MR) is 78.1 cm³/mol. The number of nitrogen functional groups attached to an aromatic ring is 1. The van der Waals surface area contributed by atoms with E-state index in [0.717, 1.165) is 22.6 Å². The Hall–Kier alpha value is -2.55. The lowest BCUT2D eigenvalue weighted by molar-refractivity contribution is 1.06. The van der Waals surface area contributed by atoms with Gasteiger partial charge < -0.3 is 5.73 Å². The Labute approximate surface area is 112 Å². The zero-order valence-electron chi connectivity index (χ0n) is 10.7. The molecule has 2 N–H and O–H groups in total. The van der Waals surface area contributed by atoms with Crippen LogP contribution in [0.15, 0.2) is 61.1 Å². The molecule has 0 aliphatic rings. The highest BCUT2D eigenvalue weighted by molar-refractivity contribution is 5.62. The van der Waals surface area contributed by atoms with Gasteiger partial charge in [0, 0.05) is 16.9 Å². The van der Waals surface area contributed by atoms with Crippen molar-refractivity contribution in [3.05, 3.63) is 66.6 Å². The summed E-state index contributed by atoms with van der Waals surface area (Å²) in [5, 5.41) is 0. The van der Waals surface area contributed by atoms with E-state index in [9.17, 15) is 0 Å². The van der Waals surface area contributed by atoms with Crippen molar-refractivity contribution in [3.63, 3.8) is 0 Å². The fraction of sp³-hybridized carbons (Fsp3) is 0.0625. The fourth-order valence-electron chi connectivity index (χ4n) is 2.07. The molecule has 1 heterocycles. The first-order valence-electron chi connectivity index (χ1n) is 6.19. The number of rotatable bonds is 2. The van der Waals surface area contributed by atoms with Crippen molar-refractivity contribution in [1.82, 2.24) is 9.55 Å². The predicted octanol–water partition coefficient (Wildman–Crippen LogP) is 3.43. The summed E-state index contributed by atoms with van der Waals surface area (Å²) in [5.41, 5.74) is 11.0. The van der Waals surface area contributed by atoms with Gasteiger partial charge in [0.05, 0.1) is 18.2 Å². The number of hydrogen-bond acceptors (Lipinski definition) is 2. The number of hydrogen-bond donors (Lipinski definition) is 1. The lowest BCUT2D eigenvalue weighted by Crippen LogP contribution is -1.95. The van der Waals surface area contributed by atoms with Crippen LogP contribution in [0.1, 0.15) is 5.56 Å². The molecule has 0 aliphatic heterocycles. The average Bonchev–Trinajstić information content (AvgIpc) is 2.90. The van der Waals surface area contributed by atoms with Crippen LogP contribution in [-0.4, -0.2) is 9.55 Å². The second kappa shape index (κ2) is 4.61. The molecule has 0 aliphatic carbocycles. The molecule has 3 heteroatoms. The Morgan fingerprint density at radius 1 is 0.947 bits per heavy atom. The van der Waals surface area contributed by atoms with Crippen LogP contribution in [0.3, 0.4) is 0 Å². The highest BCUT2D eigenvalue weighted by atomic mass is 15.0. The normalized spacial score (nSPS) is 10.6. The summed E-state index contributed by atoms with van der Waals surface area (Å²) < 4.78 is 2.06. The van der Waals surface area contributed by atoms with Crippen LogP contribution in [0.2, 0.25) is 0 Å². The molecule has 0 saturated heterocycles. The summed E-state index contributed by atoms with van der Waals surface area (Å²) >= 11 is 0. The minimum atomic E-state index is 0.765. The molecule has 0 fully saturated rings. The van der Waals surface area contributed by atoms with Crippen molar-refractivity contribution in [2.75, 3.05) is 5.73 Å². The van der Waals surface area contributed by atoms with E-state index >= 15 is 0 Å². The van der Waals surface area contributed by atoms with E-state index in [-0.39, 0.29) is 0 Å². The zero-order valence-corrected chi connectivity index (χ0v) is 10.7. The minimum Gasteiger partial charge on any atom is -0.399 e. The zero-order chi connectivity index (χ0) is 13.2. The molecule has 0 bridgehead atoms. The van der Waals surface area contributed by atoms with Gasteiger partial charge in [0.25, 0.3) is 0 Å². The van der Waals surface area contributed by atoms with Gasteiger partial charge in [0.2, 0.25) is 0 Å². The first-order valence-corrected chi connectivity index (χ1v) is 6.19. The molecule has 3 aromatic rings. The van der Waals surface area contributed by atoms with Gasteiger partial charge in [-0.1, -0.05) is 29.8 Å². The molecular weight excluding hydrogens is 234 g/mol. The van der Waals surface area contributed by atoms with E-state index in [0.29, 0.717) is 0 Å². The molecule has 1 aromatic heterocycles. The molecule has 0 spiro atoms. The number of anilines is 1. The molecule has 94 valence electrons. The lowest BCUT2D eigenvalue weighted by atomic mass is 10.1. The van der Waals surface area contributed by atoms with Crippen LogP contribution in [0, 0.1) is 6.92 Å². The summed E-state index contributed by atoms with van der Waals surface area (Å²) in [4.78, 5) is 4.25. The Balaban J connectivity index is 2.07. The Morgan fingerprint density at radius 3 is 2.32 bits per heavy atom. The second-order valence-electron chi connectivity index (χ2n) is 4.61. The van der Waals surface area contributed by atoms with E-state index in [1.165, 1.54) is 5.56 Å². The topological polar surface area (TPSA) is 43.8 Å². The Bertz CT molecular complexity index is 619. The van der Waals surface area contributed by atoms with Crippen molar-refractivity contribution < 1.29 is 0 Å². The molecule has 3 nitrogen and oxygen atoms in total. The van der Waals surface area contributed by atoms with E-state index in [1.807, 2.05) is 36.8 Å². The molecule has 19 heavy (non-hydrogen) atoms. The van der Waals surface area contributed by atoms with Crippen LogP contribution in [0.4, 0.5) is 5.69 Å². The first kappa shape index (κ1) is 11.5. The highest BCUT2D eigenvalue weighted by Gasteiger charge is 2.06. The third-order valence-corrected chi connectivity index (χ3v) is 3.16. The first-order chi connectivity index (χ1) is 9.24. The number of aromatic nitrogens is 2. The fourth-order valence-corrected chi connectivity index (χ4v) is 2.07. The van der Waals surface area contributed by atoms with Crippen molar-refractivity contribution in [2.45, 2.75) is 6.92 Å². The summed E-state index contributed by atoms with van der Waals surface area (Å²) in [6.07, 6.45) is 3.70. The maximum Gasteiger partial charge on any atom is 0.0997 e. The third-order valence-electron chi connectivity index (χ3n) is 3.16. The van der Waals surface area contributed by atoms with Crippen molar-refractivity contribution >= 4 is 5.69 Å². The average molecular weight is 249 g/mol. The van der Waals surface area contributed by atoms with Gasteiger partial charge in [0.1, 0.15) is 0 Å². The summed E-state index contributed by atoms with van der Waals surface area (Å²) in [6, 6.07) is 16.2. The molecule has 0 amide bonds. The van der Waals surface area contributed by atoms with E-state index in [1.54, 1.807) is 0 Å². The van der Waals surface area contributed by atoms with Crippen LogP contribution < -0.4 is 5.73 Å². The van der Waals surface area contributed by atoms with E-state index < -0.39 is 0 Å². The van der Waals surface area contributed by atoms with Crippen LogP contribution in [-0.2, 0) is 0 Å². The Morgan fingerprint density at radius 2 is 1.63 bits per heavy atom. The van der Waals surface area contributed by atoms with Crippen LogP contribution >= 0.6 is 0 Å². The van der Waals surface area contributed by atoms with Crippen LogP contribution in [0.25, 0.3) is 16.9 Å². The van der Waals surface area contributed by atoms with Gasteiger partial charge in [-0.15, -0.1) is 0 Å². The molecule has 0 saturated carbocycles. The summed E-state index contributed by atoms with van der Waals surface area (Å²) in [7, 11) is 0. The molecule has 0 unspecified atom stereocenters. The van der Waals surface area contributed by atoms with Gasteiger partial charge in [-0.05, 0) is 31.2 Å². The third kappa shape index (κ3) is 2.22. The SMILES string of the molecule is Cc1ccc(-c2cncn2-c2ccc(N)cc2)cc1. The van der Waals surface area contributed by atoms with E-state index in [4.69, 9.17) is 5.73 Å². The number of nitrogens with two attached hydrogens (primary N) is 1. The molecular formula is C16H15N3. The molecule has 0 radical (unpaired) electrons.